The normalized spacial score (nSPS) is 15.2. The molecule has 0 N–H and O–H groups in total. The molecule has 4 aromatic carbocycles. The second-order valence-corrected chi connectivity index (χ2v) is 11.5. The van der Waals surface area contributed by atoms with E-state index in [0.29, 0.717) is 31.1 Å². The van der Waals surface area contributed by atoms with Gasteiger partial charge in [0.25, 0.3) is 5.91 Å². The molecule has 5 rings (SSSR count). The largest absolute Gasteiger partial charge is 0.493 e. The second kappa shape index (κ2) is 12.3. The van der Waals surface area contributed by atoms with E-state index in [9.17, 15) is 4.79 Å². The Morgan fingerprint density at radius 1 is 0.975 bits per heavy atom. The number of carbonyl (C=O) groups is 1. The van der Waals surface area contributed by atoms with Crippen LogP contribution in [0.2, 0.25) is 5.02 Å². The highest BCUT2D eigenvalue weighted by Crippen LogP contribution is 2.41. The summed E-state index contributed by atoms with van der Waals surface area (Å²) in [7, 11) is 1.59. The molecule has 0 unspecified atom stereocenters. The minimum absolute atomic E-state index is 0.145. The van der Waals surface area contributed by atoms with Crippen molar-refractivity contribution in [3.05, 3.63) is 122 Å². The van der Waals surface area contributed by atoms with Gasteiger partial charge in [-0.15, -0.1) is 0 Å². The van der Waals surface area contributed by atoms with Crippen molar-refractivity contribution in [2.24, 2.45) is 4.99 Å². The van der Waals surface area contributed by atoms with Crippen LogP contribution in [0.4, 0.5) is 11.4 Å². The highest BCUT2D eigenvalue weighted by atomic mass is 79.9. The maximum atomic E-state index is 13.7. The van der Waals surface area contributed by atoms with E-state index in [4.69, 9.17) is 26.1 Å². The third-order valence-corrected chi connectivity index (χ3v) is 8.16. The number of amidine groups is 1. The number of anilines is 1. The van der Waals surface area contributed by atoms with Crippen molar-refractivity contribution >= 4 is 67.8 Å². The number of aryl methyl sites for hydroxylation is 2. The Morgan fingerprint density at radius 2 is 1.65 bits per heavy atom. The summed E-state index contributed by atoms with van der Waals surface area (Å²) >= 11 is 11.3. The Kier molecular flexibility index (Phi) is 8.64. The lowest BCUT2D eigenvalue weighted by Gasteiger charge is -2.16. The van der Waals surface area contributed by atoms with E-state index >= 15 is 0 Å². The molecule has 1 amide bonds. The van der Waals surface area contributed by atoms with Crippen molar-refractivity contribution in [1.82, 2.24) is 0 Å². The van der Waals surface area contributed by atoms with Gasteiger partial charge < -0.3 is 9.47 Å². The van der Waals surface area contributed by atoms with Crippen molar-refractivity contribution in [3.8, 4) is 11.5 Å². The first-order valence-corrected chi connectivity index (χ1v) is 14.5. The molecule has 0 aliphatic carbocycles. The fourth-order valence-corrected chi connectivity index (χ4v) is 5.85. The molecule has 0 aromatic heterocycles. The molecule has 4 aromatic rings. The van der Waals surface area contributed by atoms with E-state index in [2.05, 4.69) is 15.9 Å². The smallest absolute Gasteiger partial charge is 0.271 e. The van der Waals surface area contributed by atoms with Crippen LogP contribution in [0.3, 0.4) is 0 Å². The third kappa shape index (κ3) is 6.28. The third-order valence-electron chi connectivity index (χ3n) is 6.24. The molecule has 8 heteroatoms. The van der Waals surface area contributed by atoms with E-state index in [1.807, 2.05) is 105 Å². The van der Waals surface area contributed by atoms with Crippen LogP contribution in [0.15, 0.2) is 99.3 Å². The Hall–Kier alpha value is -3.52. The van der Waals surface area contributed by atoms with Gasteiger partial charge in [-0.2, -0.15) is 0 Å². The van der Waals surface area contributed by atoms with E-state index in [0.717, 1.165) is 33.6 Å². The molecule has 1 aliphatic heterocycles. The van der Waals surface area contributed by atoms with Crippen LogP contribution in [0.5, 0.6) is 11.5 Å². The van der Waals surface area contributed by atoms with Gasteiger partial charge >= 0.3 is 0 Å². The fourth-order valence-electron chi connectivity index (χ4n) is 4.08. The standard InChI is InChI=1S/C32H26BrClN2O3S/c1-20-8-12-24(13-9-20)35-32-36(25-14-10-21(2)11-15-25)31(37)29(40-32)18-22-16-26(33)30(28(17-22)38-3)39-19-23-6-4-5-7-27(23)34/h4-18H,19H2,1-3H3/b29-18-,35-32?. The first kappa shape index (κ1) is 28.0. The molecule has 0 saturated carbocycles. The second-order valence-electron chi connectivity index (χ2n) is 9.23. The van der Waals surface area contributed by atoms with Crippen LogP contribution in [-0.4, -0.2) is 18.2 Å². The molecular weight excluding hydrogens is 608 g/mol. The van der Waals surface area contributed by atoms with Gasteiger partial charge in [0.1, 0.15) is 6.61 Å². The first-order chi connectivity index (χ1) is 19.3. The number of halogens is 2. The number of carbonyl (C=O) groups excluding carboxylic acids is 1. The molecule has 0 bridgehead atoms. The molecule has 0 radical (unpaired) electrons. The van der Waals surface area contributed by atoms with Crippen LogP contribution < -0.4 is 14.4 Å². The van der Waals surface area contributed by atoms with Gasteiger partial charge in [-0.25, -0.2) is 4.99 Å². The van der Waals surface area contributed by atoms with Crippen molar-refractivity contribution < 1.29 is 14.3 Å². The number of methoxy groups -OCH3 is 1. The summed E-state index contributed by atoms with van der Waals surface area (Å²) in [5.41, 5.74) is 5.46. The van der Waals surface area contributed by atoms with Crippen molar-refractivity contribution in [3.63, 3.8) is 0 Å². The molecule has 202 valence electrons. The Morgan fingerprint density at radius 3 is 2.33 bits per heavy atom. The summed E-state index contributed by atoms with van der Waals surface area (Å²) < 4.78 is 12.4. The van der Waals surface area contributed by atoms with Gasteiger partial charge in [0.05, 0.1) is 27.9 Å². The number of rotatable bonds is 7. The van der Waals surface area contributed by atoms with Crippen LogP contribution >= 0.6 is 39.3 Å². The molecule has 40 heavy (non-hydrogen) atoms. The van der Waals surface area contributed by atoms with Crippen molar-refractivity contribution in [2.45, 2.75) is 20.5 Å². The Balaban J connectivity index is 1.48. The van der Waals surface area contributed by atoms with Crippen molar-refractivity contribution in [1.29, 1.82) is 0 Å². The molecular formula is C32H26BrClN2O3S. The molecule has 1 heterocycles. The Bertz CT molecular complexity index is 1620. The lowest BCUT2D eigenvalue weighted by molar-refractivity contribution is -0.113. The van der Waals surface area contributed by atoms with Gasteiger partial charge in [0.2, 0.25) is 0 Å². The first-order valence-electron chi connectivity index (χ1n) is 12.5. The number of hydrogen-bond acceptors (Lipinski definition) is 5. The average Bonchev–Trinajstić information content (AvgIpc) is 3.24. The molecule has 0 spiro atoms. The highest BCUT2D eigenvalue weighted by molar-refractivity contribution is 9.10. The number of nitrogens with zero attached hydrogens (tertiary/aromatic N) is 2. The predicted molar refractivity (Wildman–Crippen MR) is 169 cm³/mol. The SMILES string of the molecule is COc1cc(/C=C2\SC(=Nc3ccc(C)cc3)N(c3ccc(C)cc3)C2=O)cc(Br)c1OCc1ccccc1Cl. The number of thioether (sulfide) groups is 1. The van der Waals surface area contributed by atoms with Gasteiger partial charge in [-0.05, 0) is 95.6 Å². The molecule has 5 nitrogen and oxygen atoms in total. The monoisotopic (exact) mass is 632 g/mol. The van der Waals surface area contributed by atoms with Gasteiger partial charge in [-0.3, -0.25) is 9.69 Å². The fraction of sp³-hybridized carbons (Fsp3) is 0.125. The number of aliphatic imine (C=N–C) groups is 1. The number of amides is 1. The quantitative estimate of drug-likeness (QED) is 0.191. The lowest BCUT2D eigenvalue weighted by atomic mass is 10.1. The molecule has 1 fully saturated rings. The zero-order valence-corrected chi connectivity index (χ0v) is 25.3. The van der Waals surface area contributed by atoms with Gasteiger partial charge in [-0.1, -0.05) is 65.2 Å². The van der Waals surface area contributed by atoms with Gasteiger partial charge in [0, 0.05) is 10.6 Å². The highest BCUT2D eigenvalue weighted by Gasteiger charge is 2.35. The van der Waals surface area contributed by atoms with E-state index < -0.39 is 0 Å². The molecule has 1 saturated heterocycles. The van der Waals surface area contributed by atoms with E-state index in [1.54, 1.807) is 12.0 Å². The molecule has 1 aliphatic rings. The van der Waals surface area contributed by atoms with Crippen LogP contribution in [0.25, 0.3) is 6.08 Å². The minimum Gasteiger partial charge on any atom is -0.493 e. The summed E-state index contributed by atoms with van der Waals surface area (Å²) in [6.07, 6.45) is 1.84. The number of ether oxygens (including phenoxy) is 2. The van der Waals surface area contributed by atoms with Crippen LogP contribution in [-0.2, 0) is 11.4 Å². The zero-order chi connectivity index (χ0) is 28.2. The Labute approximate surface area is 251 Å². The summed E-state index contributed by atoms with van der Waals surface area (Å²) in [6, 6.07) is 27.0. The predicted octanol–water partition coefficient (Wildman–Crippen LogP) is 9.12. The topological polar surface area (TPSA) is 51.1 Å². The summed E-state index contributed by atoms with van der Waals surface area (Å²) in [4.78, 5) is 20.8. The lowest BCUT2D eigenvalue weighted by Crippen LogP contribution is -2.28. The number of benzene rings is 4. The number of hydrogen-bond donors (Lipinski definition) is 0. The maximum absolute atomic E-state index is 13.7. The summed E-state index contributed by atoms with van der Waals surface area (Å²) in [6.45, 7) is 4.33. The minimum atomic E-state index is -0.145. The molecule has 0 atom stereocenters. The summed E-state index contributed by atoms with van der Waals surface area (Å²) in [5, 5.41) is 1.23. The van der Waals surface area contributed by atoms with Crippen LogP contribution in [0.1, 0.15) is 22.3 Å². The zero-order valence-electron chi connectivity index (χ0n) is 22.2. The average molecular weight is 634 g/mol. The summed E-state index contributed by atoms with van der Waals surface area (Å²) in [5.74, 6) is 0.944. The van der Waals surface area contributed by atoms with Gasteiger partial charge in [0.15, 0.2) is 16.7 Å². The van der Waals surface area contributed by atoms with E-state index in [1.165, 1.54) is 11.8 Å². The van der Waals surface area contributed by atoms with Crippen LogP contribution in [0, 0.1) is 13.8 Å². The van der Waals surface area contributed by atoms with Crippen molar-refractivity contribution in [2.75, 3.05) is 12.0 Å². The maximum Gasteiger partial charge on any atom is 0.271 e. The van der Waals surface area contributed by atoms with E-state index in [-0.39, 0.29) is 12.5 Å².